The van der Waals surface area contributed by atoms with Crippen molar-refractivity contribution < 1.29 is 18.0 Å². The molecule has 1 amide bonds. The predicted octanol–water partition coefficient (Wildman–Crippen LogP) is 4.89. The summed E-state index contributed by atoms with van der Waals surface area (Å²) < 4.78 is 39.2. The van der Waals surface area contributed by atoms with E-state index >= 15 is 0 Å². The molecule has 2 aliphatic rings. The quantitative estimate of drug-likeness (QED) is 0.596. The standard InChI is InChI=1S/C27H26F3N3O/c28-27(29,30)21-9-6-7-19(15-21)17-31-26(34)23-16-20-8-4-5-12-24(20)33-14-13-32(18-25(23)33)22-10-2-1-3-11-22/h1-12,15,23,25H,13-14,16-18H2,(H,31,34). The van der Waals surface area contributed by atoms with Gasteiger partial charge >= 0.3 is 6.18 Å². The molecule has 0 aromatic heterocycles. The Balaban J connectivity index is 1.36. The van der Waals surface area contributed by atoms with Crippen molar-refractivity contribution in [2.24, 2.45) is 5.92 Å². The van der Waals surface area contributed by atoms with E-state index in [2.05, 4.69) is 39.4 Å². The maximum absolute atomic E-state index is 13.4. The number of benzene rings is 3. The van der Waals surface area contributed by atoms with Gasteiger partial charge in [-0.1, -0.05) is 48.5 Å². The van der Waals surface area contributed by atoms with Crippen molar-refractivity contribution in [3.05, 3.63) is 95.6 Å². The molecule has 0 spiro atoms. The van der Waals surface area contributed by atoms with Crippen molar-refractivity contribution in [1.82, 2.24) is 5.32 Å². The van der Waals surface area contributed by atoms with Gasteiger partial charge < -0.3 is 15.1 Å². The van der Waals surface area contributed by atoms with Crippen molar-refractivity contribution >= 4 is 17.3 Å². The van der Waals surface area contributed by atoms with E-state index in [-0.39, 0.29) is 24.4 Å². The molecule has 0 bridgehead atoms. The minimum absolute atomic E-state index is 0.0228. The molecule has 2 unspecified atom stereocenters. The summed E-state index contributed by atoms with van der Waals surface area (Å²) in [4.78, 5) is 18.0. The van der Waals surface area contributed by atoms with E-state index in [0.29, 0.717) is 18.5 Å². The van der Waals surface area contributed by atoms with Crippen molar-refractivity contribution in [3.63, 3.8) is 0 Å². The average molecular weight is 466 g/mol. The largest absolute Gasteiger partial charge is 0.416 e. The number of nitrogens with one attached hydrogen (secondary N) is 1. The van der Waals surface area contributed by atoms with Gasteiger partial charge in [-0.15, -0.1) is 0 Å². The van der Waals surface area contributed by atoms with Gasteiger partial charge in [0.25, 0.3) is 0 Å². The van der Waals surface area contributed by atoms with Crippen LogP contribution in [0.5, 0.6) is 0 Å². The number of hydrogen-bond acceptors (Lipinski definition) is 3. The molecular formula is C27H26F3N3O. The monoisotopic (exact) mass is 465 g/mol. The number of carbonyl (C=O) groups is 1. The third kappa shape index (κ3) is 4.47. The zero-order chi connectivity index (χ0) is 23.7. The first kappa shape index (κ1) is 22.3. The molecule has 176 valence electrons. The molecule has 34 heavy (non-hydrogen) atoms. The van der Waals surface area contributed by atoms with Crippen LogP contribution in [-0.4, -0.2) is 31.6 Å². The Morgan fingerprint density at radius 3 is 2.50 bits per heavy atom. The lowest BCUT2D eigenvalue weighted by atomic mass is 9.83. The summed E-state index contributed by atoms with van der Waals surface area (Å²) in [5.41, 5.74) is 3.16. The van der Waals surface area contributed by atoms with E-state index in [9.17, 15) is 18.0 Å². The fourth-order valence-electron chi connectivity index (χ4n) is 5.11. The molecule has 1 saturated heterocycles. The molecule has 3 aromatic rings. The van der Waals surface area contributed by atoms with Gasteiger partial charge in [-0.3, -0.25) is 4.79 Å². The summed E-state index contributed by atoms with van der Waals surface area (Å²) in [5, 5.41) is 2.91. The van der Waals surface area contributed by atoms with Crippen LogP contribution in [-0.2, 0) is 23.9 Å². The zero-order valence-corrected chi connectivity index (χ0v) is 18.6. The minimum Gasteiger partial charge on any atom is -0.368 e. The molecule has 1 N–H and O–H groups in total. The first-order valence-corrected chi connectivity index (χ1v) is 11.5. The molecule has 0 radical (unpaired) electrons. The van der Waals surface area contributed by atoms with Gasteiger partial charge in [-0.05, 0) is 47.9 Å². The number of piperazine rings is 1. The minimum atomic E-state index is -4.41. The number of fused-ring (bicyclic) bond motifs is 3. The van der Waals surface area contributed by atoms with Crippen LogP contribution in [0, 0.1) is 5.92 Å². The highest BCUT2D eigenvalue weighted by molar-refractivity contribution is 5.82. The van der Waals surface area contributed by atoms with E-state index in [4.69, 9.17) is 0 Å². The van der Waals surface area contributed by atoms with Crippen LogP contribution in [0.3, 0.4) is 0 Å². The summed E-state index contributed by atoms with van der Waals surface area (Å²) in [6.45, 7) is 2.43. The topological polar surface area (TPSA) is 35.6 Å². The summed E-state index contributed by atoms with van der Waals surface area (Å²) >= 11 is 0. The molecule has 1 fully saturated rings. The Labute approximate surface area is 197 Å². The molecular weight excluding hydrogens is 439 g/mol. The number of halogens is 3. The second-order valence-corrected chi connectivity index (χ2v) is 8.90. The SMILES string of the molecule is O=C(NCc1cccc(C(F)(F)F)c1)C1Cc2ccccc2N2CCN(c3ccccc3)CC12. The number of nitrogens with zero attached hydrogens (tertiary/aromatic N) is 2. The van der Waals surface area contributed by atoms with Crippen LogP contribution in [0.15, 0.2) is 78.9 Å². The van der Waals surface area contributed by atoms with Gasteiger partial charge in [0.15, 0.2) is 0 Å². The normalized spacial score (nSPS) is 19.9. The number of anilines is 2. The van der Waals surface area contributed by atoms with E-state index in [1.54, 1.807) is 6.07 Å². The van der Waals surface area contributed by atoms with Gasteiger partial charge in [-0.2, -0.15) is 13.2 Å². The Kier molecular flexibility index (Phi) is 5.94. The molecule has 0 aliphatic carbocycles. The fourth-order valence-corrected chi connectivity index (χ4v) is 5.11. The maximum atomic E-state index is 13.4. The lowest BCUT2D eigenvalue weighted by Gasteiger charge is -2.49. The zero-order valence-electron chi connectivity index (χ0n) is 18.6. The van der Waals surface area contributed by atoms with Crippen LogP contribution >= 0.6 is 0 Å². The second-order valence-electron chi connectivity index (χ2n) is 8.90. The number of alkyl halides is 3. The van der Waals surface area contributed by atoms with E-state index in [1.807, 2.05) is 30.3 Å². The molecule has 4 nitrogen and oxygen atoms in total. The third-order valence-electron chi connectivity index (χ3n) is 6.80. The predicted molar refractivity (Wildman–Crippen MR) is 127 cm³/mol. The second kappa shape index (κ2) is 9.05. The van der Waals surface area contributed by atoms with E-state index in [0.717, 1.165) is 36.5 Å². The Bertz CT molecular complexity index is 1170. The summed E-state index contributed by atoms with van der Waals surface area (Å²) in [6.07, 6.45) is -3.80. The van der Waals surface area contributed by atoms with Crippen LogP contribution < -0.4 is 15.1 Å². The highest BCUT2D eigenvalue weighted by atomic mass is 19.4. The van der Waals surface area contributed by atoms with E-state index in [1.165, 1.54) is 11.8 Å². The lowest BCUT2D eigenvalue weighted by Crippen LogP contribution is -2.61. The number of para-hydroxylation sites is 2. The van der Waals surface area contributed by atoms with Crippen molar-refractivity contribution in [2.75, 3.05) is 29.4 Å². The summed E-state index contributed by atoms with van der Waals surface area (Å²) in [7, 11) is 0. The maximum Gasteiger partial charge on any atom is 0.416 e. The molecule has 7 heteroatoms. The van der Waals surface area contributed by atoms with Gasteiger partial charge in [-0.25, -0.2) is 0 Å². The fraction of sp³-hybridized carbons (Fsp3) is 0.296. The summed E-state index contributed by atoms with van der Waals surface area (Å²) in [5.74, 6) is -0.427. The lowest BCUT2D eigenvalue weighted by molar-refractivity contribution is -0.137. The number of rotatable bonds is 4. The van der Waals surface area contributed by atoms with Crippen LogP contribution in [0.25, 0.3) is 0 Å². The van der Waals surface area contributed by atoms with Crippen LogP contribution in [0.1, 0.15) is 16.7 Å². The van der Waals surface area contributed by atoms with Gasteiger partial charge in [0, 0.05) is 37.6 Å². The molecule has 0 saturated carbocycles. The number of hydrogen-bond donors (Lipinski definition) is 1. The van der Waals surface area contributed by atoms with Crippen molar-refractivity contribution in [1.29, 1.82) is 0 Å². The Morgan fingerprint density at radius 2 is 1.71 bits per heavy atom. The first-order chi connectivity index (χ1) is 16.4. The van der Waals surface area contributed by atoms with E-state index < -0.39 is 11.7 Å². The van der Waals surface area contributed by atoms with Crippen LogP contribution in [0.4, 0.5) is 24.5 Å². The number of amides is 1. The van der Waals surface area contributed by atoms with Gasteiger partial charge in [0.1, 0.15) is 0 Å². The Morgan fingerprint density at radius 1 is 0.941 bits per heavy atom. The number of carbonyl (C=O) groups excluding carboxylic acids is 1. The summed E-state index contributed by atoms with van der Waals surface area (Å²) in [6, 6.07) is 23.4. The van der Waals surface area contributed by atoms with Crippen LogP contribution in [0.2, 0.25) is 0 Å². The average Bonchev–Trinajstić information content (AvgIpc) is 2.86. The van der Waals surface area contributed by atoms with Gasteiger partial charge in [0.05, 0.1) is 17.5 Å². The Hall–Kier alpha value is -3.48. The molecule has 2 aliphatic heterocycles. The van der Waals surface area contributed by atoms with Crippen molar-refractivity contribution in [2.45, 2.75) is 25.2 Å². The smallest absolute Gasteiger partial charge is 0.368 e. The first-order valence-electron chi connectivity index (χ1n) is 11.5. The molecule has 2 heterocycles. The highest BCUT2D eigenvalue weighted by Gasteiger charge is 2.41. The molecule has 3 aromatic carbocycles. The van der Waals surface area contributed by atoms with Gasteiger partial charge in [0.2, 0.25) is 5.91 Å². The third-order valence-corrected chi connectivity index (χ3v) is 6.80. The molecule has 2 atom stereocenters. The molecule has 5 rings (SSSR count). The van der Waals surface area contributed by atoms with Crippen molar-refractivity contribution in [3.8, 4) is 0 Å². The highest BCUT2D eigenvalue weighted by Crippen LogP contribution is 2.37.